The molecular formula is C47H96N2O7. The van der Waals surface area contributed by atoms with E-state index in [-0.39, 0.29) is 24.6 Å². The van der Waals surface area contributed by atoms with Crippen molar-refractivity contribution in [3.63, 3.8) is 0 Å². The Labute approximate surface area is 347 Å². The van der Waals surface area contributed by atoms with Crippen LogP contribution in [0.15, 0.2) is 0 Å². The molecule has 0 saturated carbocycles. The summed E-state index contributed by atoms with van der Waals surface area (Å²) < 4.78 is 16.0. The number of carbonyl (C=O) groups is 2. The number of carbonyl (C=O) groups excluding carboxylic acids is 2. The average molecular weight is 801 g/mol. The molecule has 0 bridgehead atoms. The van der Waals surface area contributed by atoms with Crippen LogP contribution in [0.25, 0.3) is 0 Å². The van der Waals surface area contributed by atoms with E-state index in [1.54, 1.807) is 0 Å². The third-order valence-electron chi connectivity index (χ3n) is 10.3. The molecule has 1 aliphatic heterocycles. The number of nitrogens with zero attached hydrogens (tertiary/aromatic N) is 2. The van der Waals surface area contributed by atoms with Crippen LogP contribution in [-0.4, -0.2) is 105 Å². The Kier molecular flexibility index (Phi) is 47.1. The zero-order valence-electron chi connectivity index (χ0n) is 38.1. The van der Waals surface area contributed by atoms with Crippen molar-refractivity contribution in [3.05, 3.63) is 0 Å². The van der Waals surface area contributed by atoms with Crippen molar-refractivity contribution >= 4 is 11.9 Å². The van der Waals surface area contributed by atoms with Gasteiger partial charge in [0.2, 0.25) is 6.29 Å². The van der Waals surface area contributed by atoms with Crippen molar-refractivity contribution in [2.75, 3.05) is 61.1 Å². The van der Waals surface area contributed by atoms with Gasteiger partial charge in [-0.15, -0.1) is 0 Å². The molecule has 0 unspecified atom stereocenters. The second kappa shape index (κ2) is 46.4. The molecule has 0 spiro atoms. The van der Waals surface area contributed by atoms with Crippen LogP contribution in [0.3, 0.4) is 0 Å². The molecule has 0 aromatic heterocycles. The molecule has 0 aromatic rings. The van der Waals surface area contributed by atoms with Crippen molar-refractivity contribution in [2.45, 2.75) is 232 Å². The molecule has 1 aliphatic rings. The summed E-state index contributed by atoms with van der Waals surface area (Å²) >= 11 is 0. The highest BCUT2D eigenvalue weighted by molar-refractivity contribution is 5.70. The molecular weight excluding hydrogens is 705 g/mol. The van der Waals surface area contributed by atoms with E-state index < -0.39 is 6.29 Å². The van der Waals surface area contributed by atoms with Gasteiger partial charge in [-0.05, 0) is 47.5 Å². The van der Waals surface area contributed by atoms with Crippen molar-refractivity contribution < 1.29 is 34.0 Å². The molecule has 1 heterocycles. The summed E-state index contributed by atoms with van der Waals surface area (Å²) in [5.74, 6) is -0.494. The molecule has 2 atom stereocenters. The predicted octanol–water partition coefficient (Wildman–Crippen LogP) is 11.4. The van der Waals surface area contributed by atoms with Gasteiger partial charge < -0.3 is 34.2 Å². The fourth-order valence-electron chi connectivity index (χ4n) is 6.59. The Bertz CT molecular complexity index is 740. The largest absolute Gasteiger partial charge is 0.463 e. The maximum absolute atomic E-state index is 11.6. The van der Waals surface area contributed by atoms with Crippen LogP contribution in [-0.2, 0) is 23.8 Å². The predicted molar refractivity (Wildman–Crippen MR) is 236 cm³/mol. The van der Waals surface area contributed by atoms with E-state index in [9.17, 15) is 9.59 Å². The first-order valence-electron chi connectivity index (χ1n) is 23.7. The lowest BCUT2D eigenvalue weighted by atomic mass is 10.0. The monoisotopic (exact) mass is 801 g/mol. The van der Waals surface area contributed by atoms with E-state index in [1.165, 1.54) is 167 Å². The minimum atomic E-state index is -0.514. The van der Waals surface area contributed by atoms with Crippen LogP contribution in [0.2, 0.25) is 0 Å². The number of aliphatic hydroxyl groups is 2. The minimum absolute atomic E-state index is 0.185. The first kappa shape index (κ1) is 56.8. The van der Waals surface area contributed by atoms with E-state index in [2.05, 4.69) is 13.8 Å². The number of hydrogen-bond acceptors (Lipinski definition) is 9. The first-order chi connectivity index (χ1) is 27.2. The Morgan fingerprint density at radius 1 is 0.500 bits per heavy atom. The van der Waals surface area contributed by atoms with Gasteiger partial charge in [0.1, 0.15) is 6.61 Å². The first-order valence-corrected chi connectivity index (χ1v) is 23.7. The molecule has 1 rings (SSSR count). The quantitative estimate of drug-likeness (QED) is 0.0469. The zero-order valence-corrected chi connectivity index (χ0v) is 38.1. The average Bonchev–Trinajstić information content (AvgIpc) is 3.63. The van der Waals surface area contributed by atoms with Gasteiger partial charge in [0.25, 0.3) is 0 Å². The standard InChI is InChI=1S/2C16H34O.C15H28N2O5/c2*1-2-3-4-5-6-7-8-9-10-11-12-13-14-15-16-17;1-16(2)9-7-13(18)20-11-12-5-6-15(21-12)22-14(19)8-10-17(3)4/h2*17H,2-16H2,1H3;12,15H,5-11H2,1-4H3/t;;12-,15-/m..0/s1. The molecule has 0 aromatic carbocycles. The van der Waals surface area contributed by atoms with Crippen LogP contribution in [0.4, 0.5) is 0 Å². The Hall–Kier alpha value is -1.26. The number of hydrogen-bond donors (Lipinski definition) is 2. The van der Waals surface area contributed by atoms with Crippen LogP contribution in [0.1, 0.15) is 219 Å². The SMILES string of the molecule is CCCCCCCCCCCCCCCCO.CCCCCCCCCCCCCCCCO.CN(C)CCC(=O)OC[C@@H]1CC[C@H](OC(=O)CCN(C)C)O1. The number of aliphatic hydroxyl groups excluding tert-OH is 2. The van der Waals surface area contributed by atoms with Gasteiger partial charge in [0.15, 0.2) is 0 Å². The molecule has 1 fully saturated rings. The second-order valence-corrected chi connectivity index (χ2v) is 16.7. The zero-order chi connectivity index (χ0) is 41.7. The molecule has 56 heavy (non-hydrogen) atoms. The summed E-state index contributed by atoms with van der Waals surface area (Å²) in [6, 6.07) is 0. The van der Waals surface area contributed by atoms with Crippen LogP contribution >= 0.6 is 0 Å². The summed E-state index contributed by atoms with van der Waals surface area (Å²) in [4.78, 5) is 27.0. The second-order valence-electron chi connectivity index (χ2n) is 16.7. The molecule has 336 valence electrons. The van der Waals surface area contributed by atoms with Gasteiger partial charge >= 0.3 is 11.9 Å². The fraction of sp³-hybridized carbons (Fsp3) is 0.957. The number of esters is 2. The summed E-state index contributed by atoms with van der Waals surface area (Å²) in [6.45, 7) is 6.84. The van der Waals surface area contributed by atoms with Crippen LogP contribution < -0.4 is 0 Å². The third kappa shape index (κ3) is 47.1. The van der Waals surface area contributed by atoms with Gasteiger partial charge in [0, 0.05) is 32.7 Å². The number of rotatable bonds is 37. The normalized spacial score (nSPS) is 15.0. The summed E-state index contributed by atoms with van der Waals surface area (Å²) in [5.41, 5.74) is 0. The van der Waals surface area contributed by atoms with Gasteiger partial charge in [-0.25, -0.2) is 0 Å². The van der Waals surface area contributed by atoms with Crippen molar-refractivity contribution in [2.24, 2.45) is 0 Å². The van der Waals surface area contributed by atoms with Crippen molar-refractivity contribution in [1.29, 1.82) is 0 Å². The maximum Gasteiger partial charge on any atom is 0.309 e. The van der Waals surface area contributed by atoms with E-state index >= 15 is 0 Å². The molecule has 0 aliphatic carbocycles. The van der Waals surface area contributed by atoms with E-state index in [0.29, 0.717) is 45.6 Å². The van der Waals surface area contributed by atoms with Crippen LogP contribution in [0.5, 0.6) is 0 Å². The third-order valence-corrected chi connectivity index (χ3v) is 10.3. The number of unbranched alkanes of at least 4 members (excludes halogenated alkanes) is 26. The highest BCUT2D eigenvalue weighted by Crippen LogP contribution is 2.21. The maximum atomic E-state index is 11.6. The summed E-state index contributed by atoms with van der Waals surface area (Å²) in [5, 5.41) is 17.3. The van der Waals surface area contributed by atoms with Gasteiger partial charge in [-0.2, -0.15) is 0 Å². The topological polar surface area (TPSA) is 109 Å². The lowest BCUT2D eigenvalue weighted by Gasteiger charge is -2.16. The lowest BCUT2D eigenvalue weighted by Crippen LogP contribution is -2.25. The van der Waals surface area contributed by atoms with E-state index in [0.717, 1.165) is 19.3 Å². The highest BCUT2D eigenvalue weighted by atomic mass is 16.7. The summed E-state index contributed by atoms with van der Waals surface area (Å²) in [6.07, 6.45) is 39.8. The van der Waals surface area contributed by atoms with Gasteiger partial charge in [-0.1, -0.05) is 181 Å². The molecule has 2 N–H and O–H groups in total. The molecule has 9 nitrogen and oxygen atoms in total. The van der Waals surface area contributed by atoms with Crippen molar-refractivity contribution in [3.8, 4) is 0 Å². The molecule has 0 radical (unpaired) electrons. The molecule has 9 heteroatoms. The Balaban J connectivity index is 0. The fourth-order valence-corrected chi connectivity index (χ4v) is 6.59. The van der Waals surface area contributed by atoms with Crippen LogP contribution in [0, 0.1) is 0 Å². The minimum Gasteiger partial charge on any atom is -0.463 e. The van der Waals surface area contributed by atoms with Gasteiger partial charge in [-0.3, -0.25) is 9.59 Å². The molecule has 1 saturated heterocycles. The highest BCUT2D eigenvalue weighted by Gasteiger charge is 2.29. The Morgan fingerprint density at radius 3 is 1.14 bits per heavy atom. The smallest absolute Gasteiger partial charge is 0.309 e. The Morgan fingerprint density at radius 2 is 0.821 bits per heavy atom. The van der Waals surface area contributed by atoms with Gasteiger partial charge in [0.05, 0.1) is 18.9 Å². The number of ether oxygens (including phenoxy) is 3. The van der Waals surface area contributed by atoms with Crippen molar-refractivity contribution in [1.82, 2.24) is 9.80 Å². The van der Waals surface area contributed by atoms with E-state index in [1.807, 2.05) is 38.0 Å². The molecule has 0 amide bonds. The van der Waals surface area contributed by atoms with E-state index in [4.69, 9.17) is 24.4 Å². The summed E-state index contributed by atoms with van der Waals surface area (Å²) in [7, 11) is 7.62. The lowest BCUT2D eigenvalue weighted by molar-refractivity contribution is -0.180.